The molecule has 102 valence electrons. The molecule has 0 aromatic rings. The summed E-state index contributed by atoms with van der Waals surface area (Å²) in [7, 11) is 0. The summed E-state index contributed by atoms with van der Waals surface area (Å²) in [5.41, 5.74) is 0. The van der Waals surface area contributed by atoms with Gasteiger partial charge in [-0.1, -0.05) is 19.8 Å². The standard InChI is InChI=1S/C14H24N2O2/c1-4-7-16(11-14(17)18)13-5-8-15(9-6-13)10-12(2)3/h1,12-13H,5-11H2,2-3H3,(H,17,18). The van der Waals surface area contributed by atoms with E-state index < -0.39 is 5.97 Å². The Labute approximate surface area is 110 Å². The average molecular weight is 252 g/mol. The molecule has 1 heterocycles. The molecule has 0 spiro atoms. The number of carbonyl (C=O) groups is 1. The zero-order chi connectivity index (χ0) is 13.5. The minimum atomic E-state index is -0.796. The van der Waals surface area contributed by atoms with E-state index in [0.29, 0.717) is 18.5 Å². The maximum absolute atomic E-state index is 10.8. The molecule has 0 aromatic carbocycles. The van der Waals surface area contributed by atoms with E-state index in [-0.39, 0.29) is 6.54 Å². The van der Waals surface area contributed by atoms with Crippen LogP contribution in [0.15, 0.2) is 0 Å². The van der Waals surface area contributed by atoms with E-state index in [1.54, 1.807) is 0 Å². The SMILES string of the molecule is C#CCN(CC(=O)O)C1CCN(CC(C)C)CC1. The Balaban J connectivity index is 2.43. The lowest BCUT2D eigenvalue weighted by atomic mass is 10.0. The number of rotatable bonds is 6. The van der Waals surface area contributed by atoms with Crippen LogP contribution in [0.4, 0.5) is 0 Å². The smallest absolute Gasteiger partial charge is 0.317 e. The summed E-state index contributed by atoms with van der Waals surface area (Å²) in [4.78, 5) is 15.2. The quantitative estimate of drug-likeness (QED) is 0.720. The summed E-state index contributed by atoms with van der Waals surface area (Å²) >= 11 is 0. The van der Waals surface area contributed by atoms with Crippen LogP contribution in [0.25, 0.3) is 0 Å². The maximum Gasteiger partial charge on any atom is 0.317 e. The topological polar surface area (TPSA) is 43.8 Å². The molecule has 1 N–H and O–H groups in total. The second kappa shape index (κ2) is 7.40. The molecule has 0 amide bonds. The van der Waals surface area contributed by atoms with Gasteiger partial charge in [0.1, 0.15) is 0 Å². The van der Waals surface area contributed by atoms with E-state index in [9.17, 15) is 4.79 Å². The monoisotopic (exact) mass is 252 g/mol. The lowest BCUT2D eigenvalue weighted by Gasteiger charge is -2.37. The van der Waals surface area contributed by atoms with Crippen molar-refractivity contribution in [1.29, 1.82) is 0 Å². The van der Waals surface area contributed by atoms with Gasteiger partial charge < -0.3 is 10.0 Å². The molecule has 0 aliphatic carbocycles. The highest BCUT2D eigenvalue weighted by Gasteiger charge is 2.25. The zero-order valence-corrected chi connectivity index (χ0v) is 11.4. The molecule has 0 bridgehead atoms. The number of piperidine rings is 1. The number of carboxylic acids is 1. The highest BCUT2D eigenvalue weighted by atomic mass is 16.4. The van der Waals surface area contributed by atoms with Gasteiger partial charge in [-0.2, -0.15) is 0 Å². The number of terminal acetylenes is 1. The number of nitrogens with zero attached hydrogens (tertiary/aromatic N) is 2. The van der Waals surface area contributed by atoms with Crippen LogP contribution in [0.3, 0.4) is 0 Å². The van der Waals surface area contributed by atoms with E-state index in [1.807, 2.05) is 4.90 Å². The summed E-state index contributed by atoms with van der Waals surface area (Å²) in [5, 5.41) is 8.89. The van der Waals surface area contributed by atoms with Gasteiger partial charge in [0, 0.05) is 12.6 Å². The second-order valence-corrected chi connectivity index (χ2v) is 5.43. The van der Waals surface area contributed by atoms with Gasteiger partial charge in [-0.3, -0.25) is 9.69 Å². The molecule has 1 aliphatic rings. The van der Waals surface area contributed by atoms with E-state index >= 15 is 0 Å². The fourth-order valence-corrected chi connectivity index (χ4v) is 2.59. The minimum absolute atomic E-state index is 0.0546. The number of hydrogen-bond acceptors (Lipinski definition) is 3. The summed E-state index contributed by atoms with van der Waals surface area (Å²) in [5.74, 6) is 2.45. The van der Waals surface area contributed by atoms with Gasteiger partial charge in [-0.15, -0.1) is 6.42 Å². The molecule has 1 rings (SSSR count). The third kappa shape index (κ3) is 5.07. The molecule has 0 radical (unpaired) electrons. The third-order valence-corrected chi connectivity index (χ3v) is 3.33. The van der Waals surface area contributed by atoms with Crippen LogP contribution >= 0.6 is 0 Å². The van der Waals surface area contributed by atoms with Crippen molar-refractivity contribution in [2.75, 3.05) is 32.7 Å². The van der Waals surface area contributed by atoms with Gasteiger partial charge >= 0.3 is 5.97 Å². The van der Waals surface area contributed by atoms with Crippen LogP contribution in [-0.4, -0.2) is 59.6 Å². The first-order valence-corrected chi connectivity index (χ1v) is 6.64. The Hall–Kier alpha value is -1.05. The van der Waals surface area contributed by atoms with Crippen molar-refractivity contribution in [3.05, 3.63) is 0 Å². The molecule has 0 unspecified atom stereocenters. The lowest BCUT2D eigenvalue weighted by Crippen LogP contribution is -2.47. The number of likely N-dealkylation sites (tertiary alicyclic amines) is 1. The molecule has 18 heavy (non-hydrogen) atoms. The Morgan fingerprint density at radius 2 is 2.11 bits per heavy atom. The summed E-state index contributed by atoms with van der Waals surface area (Å²) in [6.07, 6.45) is 7.34. The average Bonchev–Trinajstić information content (AvgIpc) is 2.28. The molecule has 4 nitrogen and oxygen atoms in total. The molecule has 4 heteroatoms. The van der Waals surface area contributed by atoms with Gasteiger partial charge in [0.05, 0.1) is 13.1 Å². The number of carboxylic acid groups (broad SMARTS) is 1. The Morgan fingerprint density at radius 3 is 2.56 bits per heavy atom. The van der Waals surface area contributed by atoms with Crippen LogP contribution in [0.5, 0.6) is 0 Å². The Morgan fingerprint density at radius 1 is 1.50 bits per heavy atom. The maximum atomic E-state index is 10.8. The minimum Gasteiger partial charge on any atom is -0.480 e. The van der Waals surface area contributed by atoms with E-state index in [0.717, 1.165) is 32.5 Å². The molecule has 1 aliphatic heterocycles. The van der Waals surface area contributed by atoms with E-state index in [4.69, 9.17) is 11.5 Å². The van der Waals surface area contributed by atoms with Crippen LogP contribution in [0.2, 0.25) is 0 Å². The van der Waals surface area contributed by atoms with Crippen molar-refractivity contribution < 1.29 is 9.90 Å². The van der Waals surface area contributed by atoms with Gasteiger partial charge in [-0.25, -0.2) is 0 Å². The summed E-state index contributed by atoms with van der Waals surface area (Å²) < 4.78 is 0. The Kier molecular flexibility index (Phi) is 6.17. The van der Waals surface area contributed by atoms with Crippen molar-refractivity contribution >= 4 is 5.97 Å². The van der Waals surface area contributed by atoms with Crippen molar-refractivity contribution in [2.45, 2.75) is 32.7 Å². The fourth-order valence-electron chi connectivity index (χ4n) is 2.59. The van der Waals surface area contributed by atoms with Crippen molar-refractivity contribution in [1.82, 2.24) is 9.80 Å². The number of hydrogen-bond donors (Lipinski definition) is 1. The van der Waals surface area contributed by atoms with E-state index in [2.05, 4.69) is 24.7 Å². The third-order valence-electron chi connectivity index (χ3n) is 3.33. The van der Waals surface area contributed by atoms with Crippen LogP contribution < -0.4 is 0 Å². The largest absolute Gasteiger partial charge is 0.480 e. The van der Waals surface area contributed by atoms with Crippen molar-refractivity contribution in [3.8, 4) is 12.3 Å². The first kappa shape index (κ1) is 15.0. The molecule has 0 saturated carbocycles. The highest BCUT2D eigenvalue weighted by molar-refractivity contribution is 5.69. The van der Waals surface area contributed by atoms with Gasteiger partial charge in [-0.05, 0) is 31.8 Å². The second-order valence-electron chi connectivity index (χ2n) is 5.43. The van der Waals surface area contributed by atoms with Gasteiger partial charge in [0.25, 0.3) is 0 Å². The molecule has 0 atom stereocenters. The normalized spacial score (nSPS) is 18.2. The first-order valence-electron chi connectivity index (χ1n) is 6.64. The predicted octanol–water partition coefficient (Wildman–Crippen LogP) is 1.13. The fraction of sp³-hybridized carbons (Fsp3) is 0.786. The Bertz CT molecular complexity index is 301. The van der Waals surface area contributed by atoms with Gasteiger partial charge in [0.15, 0.2) is 0 Å². The molecular formula is C14H24N2O2. The van der Waals surface area contributed by atoms with E-state index in [1.165, 1.54) is 0 Å². The summed E-state index contributed by atoms with van der Waals surface area (Å²) in [6.45, 7) is 8.15. The first-order chi connectivity index (χ1) is 8.52. The van der Waals surface area contributed by atoms with Crippen molar-refractivity contribution in [3.63, 3.8) is 0 Å². The molecule has 1 saturated heterocycles. The molecule has 0 aromatic heterocycles. The summed E-state index contributed by atoms with van der Waals surface area (Å²) in [6, 6.07) is 0.320. The predicted molar refractivity (Wildman–Crippen MR) is 72.3 cm³/mol. The lowest BCUT2D eigenvalue weighted by molar-refractivity contribution is -0.139. The number of aliphatic carboxylic acids is 1. The van der Waals surface area contributed by atoms with Crippen LogP contribution in [-0.2, 0) is 4.79 Å². The highest BCUT2D eigenvalue weighted by Crippen LogP contribution is 2.17. The molecular weight excluding hydrogens is 228 g/mol. The van der Waals surface area contributed by atoms with Crippen LogP contribution in [0.1, 0.15) is 26.7 Å². The van der Waals surface area contributed by atoms with Gasteiger partial charge in [0.2, 0.25) is 0 Å². The molecule has 1 fully saturated rings. The van der Waals surface area contributed by atoms with Crippen molar-refractivity contribution in [2.24, 2.45) is 5.92 Å². The van der Waals surface area contributed by atoms with Crippen LogP contribution in [0, 0.1) is 18.3 Å². The zero-order valence-electron chi connectivity index (χ0n) is 11.4.